The zero-order valence-corrected chi connectivity index (χ0v) is 11.6. The topological polar surface area (TPSA) is 58.2 Å². The Morgan fingerprint density at radius 2 is 1.90 bits per heavy atom. The highest BCUT2D eigenvalue weighted by Crippen LogP contribution is 2.30. The molecule has 0 aliphatic heterocycles. The highest BCUT2D eigenvalue weighted by atomic mass is 19.4. The van der Waals surface area contributed by atoms with Crippen molar-refractivity contribution in [1.29, 1.82) is 0 Å². The Balaban J connectivity index is 2.50. The summed E-state index contributed by atoms with van der Waals surface area (Å²) in [6, 6.07) is 4.32. The quantitative estimate of drug-likeness (QED) is 0.849. The van der Waals surface area contributed by atoms with E-state index in [4.69, 9.17) is 0 Å². The second-order valence-electron chi connectivity index (χ2n) is 4.51. The summed E-state index contributed by atoms with van der Waals surface area (Å²) in [6.45, 7) is 1.67. The van der Waals surface area contributed by atoms with Gasteiger partial charge in [-0.1, -0.05) is 19.4 Å². The molecular weight excluding hydrogens is 285 g/mol. The van der Waals surface area contributed by atoms with Gasteiger partial charge in [-0.05, 0) is 24.6 Å². The minimum atomic E-state index is -4.46. The summed E-state index contributed by atoms with van der Waals surface area (Å²) in [5.74, 6) is -0.824. The van der Waals surface area contributed by atoms with E-state index in [2.05, 4.69) is 10.6 Å². The molecule has 0 aliphatic carbocycles. The van der Waals surface area contributed by atoms with Gasteiger partial charge in [0.15, 0.2) is 0 Å². The third-order valence-corrected chi connectivity index (χ3v) is 2.68. The first kappa shape index (κ1) is 17.0. The van der Waals surface area contributed by atoms with Gasteiger partial charge in [0.25, 0.3) is 0 Å². The zero-order valence-electron chi connectivity index (χ0n) is 11.6. The largest absolute Gasteiger partial charge is 0.416 e. The number of halogens is 3. The number of hydrogen-bond donors (Lipinski definition) is 2. The molecule has 4 nitrogen and oxygen atoms in total. The van der Waals surface area contributed by atoms with Gasteiger partial charge in [0, 0.05) is 12.1 Å². The molecule has 0 saturated carbocycles. The lowest BCUT2D eigenvalue weighted by atomic mass is 10.2. The number of anilines is 1. The molecule has 2 N–H and O–H groups in total. The first-order chi connectivity index (χ1) is 9.82. The summed E-state index contributed by atoms with van der Waals surface area (Å²) in [4.78, 5) is 22.8. The van der Waals surface area contributed by atoms with Crippen molar-refractivity contribution < 1.29 is 22.8 Å². The minimum absolute atomic E-state index is 0.0395. The highest BCUT2D eigenvalue weighted by molar-refractivity contribution is 5.94. The molecular formula is C14H17F3N2O2. The van der Waals surface area contributed by atoms with Crippen molar-refractivity contribution in [2.75, 3.05) is 11.9 Å². The number of benzene rings is 1. The van der Waals surface area contributed by atoms with E-state index >= 15 is 0 Å². The fourth-order valence-electron chi connectivity index (χ4n) is 1.58. The molecule has 1 rings (SSSR count). The SMILES string of the molecule is CCCCC(=O)NCC(=O)Nc1cccc(C(F)(F)F)c1. The Morgan fingerprint density at radius 1 is 1.19 bits per heavy atom. The van der Waals surface area contributed by atoms with Crippen LogP contribution in [0, 0.1) is 0 Å². The van der Waals surface area contributed by atoms with Gasteiger partial charge in [-0.15, -0.1) is 0 Å². The zero-order chi connectivity index (χ0) is 15.9. The summed E-state index contributed by atoms with van der Waals surface area (Å²) in [7, 11) is 0. The lowest BCUT2D eigenvalue weighted by molar-refractivity contribution is -0.137. The van der Waals surface area contributed by atoms with Gasteiger partial charge in [-0.25, -0.2) is 0 Å². The van der Waals surface area contributed by atoms with Crippen LogP contribution in [-0.2, 0) is 15.8 Å². The number of carbonyl (C=O) groups is 2. The summed E-state index contributed by atoms with van der Waals surface area (Å²) < 4.78 is 37.5. The van der Waals surface area contributed by atoms with E-state index in [0.717, 1.165) is 25.0 Å². The number of unbranched alkanes of at least 4 members (excludes halogenated alkanes) is 1. The molecule has 1 aromatic rings. The Hall–Kier alpha value is -2.05. The van der Waals surface area contributed by atoms with Gasteiger partial charge in [0.05, 0.1) is 12.1 Å². The van der Waals surface area contributed by atoms with Crippen LogP contribution in [0.5, 0.6) is 0 Å². The van der Waals surface area contributed by atoms with Crippen molar-refractivity contribution >= 4 is 17.5 Å². The summed E-state index contributed by atoms with van der Waals surface area (Å²) in [6.07, 6.45) is -2.55. The Bertz CT molecular complexity index is 501. The lowest BCUT2D eigenvalue weighted by Gasteiger charge is -2.10. The fraction of sp³-hybridized carbons (Fsp3) is 0.429. The van der Waals surface area contributed by atoms with Gasteiger partial charge < -0.3 is 10.6 Å². The van der Waals surface area contributed by atoms with E-state index in [1.54, 1.807) is 0 Å². The molecule has 0 heterocycles. The number of hydrogen-bond acceptors (Lipinski definition) is 2. The van der Waals surface area contributed by atoms with Gasteiger partial charge >= 0.3 is 6.18 Å². The third kappa shape index (κ3) is 6.29. The summed E-state index contributed by atoms with van der Waals surface area (Å²) in [5.41, 5.74) is -0.801. The summed E-state index contributed by atoms with van der Waals surface area (Å²) >= 11 is 0. The number of nitrogens with one attached hydrogen (secondary N) is 2. The van der Waals surface area contributed by atoms with Gasteiger partial charge in [0.1, 0.15) is 0 Å². The van der Waals surface area contributed by atoms with Crippen LogP contribution in [0.15, 0.2) is 24.3 Å². The second-order valence-corrected chi connectivity index (χ2v) is 4.51. The van der Waals surface area contributed by atoms with Crippen LogP contribution >= 0.6 is 0 Å². The highest BCUT2D eigenvalue weighted by Gasteiger charge is 2.30. The minimum Gasteiger partial charge on any atom is -0.347 e. The van der Waals surface area contributed by atoms with Crippen molar-refractivity contribution in [3.05, 3.63) is 29.8 Å². The third-order valence-electron chi connectivity index (χ3n) is 2.68. The van der Waals surface area contributed by atoms with Crippen LogP contribution < -0.4 is 10.6 Å². The van der Waals surface area contributed by atoms with E-state index in [1.165, 1.54) is 12.1 Å². The van der Waals surface area contributed by atoms with Crippen molar-refractivity contribution in [3.8, 4) is 0 Å². The molecule has 21 heavy (non-hydrogen) atoms. The Morgan fingerprint density at radius 3 is 2.52 bits per heavy atom. The fourth-order valence-corrected chi connectivity index (χ4v) is 1.58. The number of rotatable bonds is 6. The van der Waals surface area contributed by atoms with Crippen LogP contribution in [0.3, 0.4) is 0 Å². The Kier molecular flexibility index (Phi) is 6.20. The summed E-state index contributed by atoms with van der Waals surface area (Å²) in [5, 5.41) is 4.72. The number of amides is 2. The standard InChI is InChI=1S/C14H17F3N2O2/c1-2-3-7-12(20)18-9-13(21)19-11-6-4-5-10(8-11)14(15,16)17/h4-6,8H,2-3,7,9H2,1H3,(H,18,20)(H,19,21). The predicted octanol–water partition coefficient (Wildman–Crippen LogP) is 2.95. The van der Waals surface area contributed by atoms with Crippen molar-refractivity contribution in [2.24, 2.45) is 0 Å². The predicted molar refractivity (Wildman–Crippen MR) is 72.6 cm³/mol. The van der Waals surface area contributed by atoms with Crippen molar-refractivity contribution in [3.63, 3.8) is 0 Å². The molecule has 0 spiro atoms. The molecule has 2 amide bonds. The molecule has 0 unspecified atom stereocenters. The molecule has 0 saturated heterocycles. The molecule has 0 atom stereocenters. The maximum atomic E-state index is 12.5. The van der Waals surface area contributed by atoms with E-state index in [1.807, 2.05) is 6.92 Å². The average Bonchev–Trinajstić information content (AvgIpc) is 2.42. The van der Waals surface area contributed by atoms with E-state index in [0.29, 0.717) is 6.42 Å². The molecule has 0 radical (unpaired) electrons. The second kappa shape index (κ2) is 7.66. The van der Waals surface area contributed by atoms with Gasteiger partial charge in [0.2, 0.25) is 11.8 Å². The first-order valence-electron chi connectivity index (χ1n) is 6.56. The molecule has 1 aromatic carbocycles. The monoisotopic (exact) mass is 302 g/mol. The number of carbonyl (C=O) groups excluding carboxylic acids is 2. The van der Waals surface area contributed by atoms with Crippen LogP contribution in [0.4, 0.5) is 18.9 Å². The van der Waals surface area contributed by atoms with Crippen molar-refractivity contribution in [2.45, 2.75) is 32.4 Å². The van der Waals surface area contributed by atoms with Gasteiger partial charge in [-0.2, -0.15) is 13.2 Å². The van der Waals surface area contributed by atoms with Crippen molar-refractivity contribution in [1.82, 2.24) is 5.32 Å². The van der Waals surface area contributed by atoms with Gasteiger partial charge in [-0.3, -0.25) is 9.59 Å². The molecule has 0 bridgehead atoms. The smallest absolute Gasteiger partial charge is 0.347 e. The molecule has 0 aliphatic rings. The van der Waals surface area contributed by atoms with Crippen LogP contribution in [0.25, 0.3) is 0 Å². The maximum absolute atomic E-state index is 12.5. The van der Waals surface area contributed by atoms with E-state index < -0.39 is 17.6 Å². The maximum Gasteiger partial charge on any atom is 0.416 e. The Labute approximate surface area is 120 Å². The number of alkyl halides is 3. The van der Waals surface area contributed by atoms with E-state index in [9.17, 15) is 22.8 Å². The normalized spacial score (nSPS) is 11.0. The first-order valence-corrected chi connectivity index (χ1v) is 6.56. The molecule has 0 aromatic heterocycles. The lowest BCUT2D eigenvalue weighted by Crippen LogP contribution is -2.32. The van der Waals surface area contributed by atoms with Crippen LogP contribution in [0.2, 0.25) is 0 Å². The van der Waals surface area contributed by atoms with E-state index in [-0.39, 0.29) is 18.1 Å². The molecule has 0 fully saturated rings. The van der Waals surface area contributed by atoms with Crippen LogP contribution in [-0.4, -0.2) is 18.4 Å². The molecule has 7 heteroatoms. The molecule has 116 valence electrons. The average molecular weight is 302 g/mol. The van der Waals surface area contributed by atoms with Crippen LogP contribution in [0.1, 0.15) is 31.7 Å².